The Morgan fingerprint density at radius 2 is 1.65 bits per heavy atom. The molecule has 0 radical (unpaired) electrons. The molecule has 3 aromatic rings. The number of amides is 3. The predicted octanol–water partition coefficient (Wildman–Crippen LogP) is 5.15. The van der Waals surface area contributed by atoms with Crippen molar-refractivity contribution in [2.75, 3.05) is 17.7 Å². The van der Waals surface area contributed by atoms with E-state index in [2.05, 4.69) is 15.6 Å². The SMILES string of the molecule is COc1ccc(NC(=O)N(Cc2nc(C(=O)Nc3ccc(C)cc3)cs2)C(C)C)cc1. The molecule has 0 bridgehead atoms. The number of hydrogen-bond acceptors (Lipinski definition) is 5. The van der Waals surface area contributed by atoms with Crippen LogP contribution in [0.5, 0.6) is 5.75 Å². The molecule has 31 heavy (non-hydrogen) atoms. The van der Waals surface area contributed by atoms with E-state index in [9.17, 15) is 9.59 Å². The highest BCUT2D eigenvalue weighted by Gasteiger charge is 2.20. The fourth-order valence-corrected chi connectivity index (χ4v) is 3.60. The lowest BCUT2D eigenvalue weighted by Gasteiger charge is -2.26. The Morgan fingerprint density at radius 1 is 1.03 bits per heavy atom. The van der Waals surface area contributed by atoms with Gasteiger partial charge in [-0.3, -0.25) is 4.79 Å². The topological polar surface area (TPSA) is 83.6 Å². The van der Waals surface area contributed by atoms with Crippen molar-refractivity contribution in [3.63, 3.8) is 0 Å². The van der Waals surface area contributed by atoms with Crippen molar-refractivity contribution in [1.82, 2.24) is 9.88 Å². The molecule has 0 spiro atoms. The van der Waals surface area contributed by atoms with Crippen molar-refractivity contribution < 1.29 is 14.3 Å². The summed E-state index contributed by atoms with van der Waals surface area (Å²) < 4.78 is 5.14. The Hall–Kier alpha value is -3.39. The maximum Gasteiger partial charge on any atom is 0.322 e. The number of aryl methyl sites for hydroxylation is 1. The van der Waals surface area contributed by atoms with Crippen molar-refractivity contribution in [1.29, 1.82) is 0 Å². The standard InChI is InChI=1S/C23H26N4O3S/c1-15(2)27(23(29)25-18-9-11-19(30-4)12-10-18)13-21-26-20(14-31-21)22(28)24-17-7-5-16(3)6-8-17/h5-12,14-15H,13H2,1-4H3,(H,24,28)(H,25,29). The van der Waals surface area contributed by atoms with Crippen LogP contribution in [0.25, 0.3) is 0 Å². The first-order valence-electron chi connectivity index (χ1n) is 9.90. The van der Waals surface area contributed by atoms with E-state index in [-0.39, 0.29) is 18.0 Å². The minimum atomic E-state index is -0.273. The van der Waals surface area contributed by atoms with Gasteiger partial charge < -0.3 is 20.3 Å². The molecule has 0 aliphatic heterocycles. The average molecular weight is 439 g/mol. The zero-order valence-corrected chi connectivity index (χ0v) is 18.8. The van der Waals surface area contributed by atoms with Crippen LogP contribution in [0.3, 0.4) is 0 Å². The Bertz CT molecular complexity index is 1030. The number of benzene rings is 2. The number of hydrogen-bond donors (Lipinski definition) is 2. The minimum absolute atomic E-state index is 0.0491. The number of rotatable bonds is 7. The Labute approximate surface area is 186 Å². The second kappa shape index (κ2) is 10.1. The molecule has 0 aliphatic carbocycles. The highest BCUT2D eigenvalue weighted by Crippen LogP contribution is 2.19. The summed E-state index contributed by atoms with van der Waals surface area (Å²) in [5, 5.41) is 8.13. The van der Waals surface area contributed by atoms with Gasteiger partial charge in [0.15, 0.2) is 0 Å². The van der Waals surface area contributed by atoms with Crippen LogP contribution in [-0.4, -0.2) is 35.0 Å². The number of methoxy groups -OCH3 is 1. The molecule has 3 rings (SSSR count). The van der Waals surface area contributed by atoms with Gasteiger partial charge in [-0.25, -0.2) is 9.78 Å². The molecular weight excluding hydrogens is 412 g/mol. The fraction of sp³-hybridized carbons (Fsp3) is 0.261. The second-order valence-electron chi connectivity index (χ2n) is 7.33. The number of anilines is 2. The summed E-state index contributed by atoms with van der Waals surface area (Å²) >= 11 is 1.36. The number of urea groups is 1. The lowest BCUT2D eigenvalue weighted by molar-refractivity contribution is 0.102. The van der Waals surface area contributed by atoms with Crippen molar-refractivity contribution in [3.05, 3.63) is 70.2 Å². The van der Waals surface area contributed by atoms with Crippen LogP contribution in [0.15, 0.2) is 53.9 Å². The third-order valence-corrected chi connectivity index (χ3v) is 5.46. The predicted molar refractivity (Wildman–Crippen MR) is 124 cm³/mol. The van der Waals surface area contributed by atoms with Crippen molar-refractivity contribution in [2.24, 2.45) is 0 Å². The average Bonchev–Trinajstić information content (AvgIpc) is 3.23. The van der Waals surface area contributed by atoms with Gasteiger partial charge in [-0.1, -0.05) is 17.7 Å². The number of carbonyl (C=O) groups is 2. The van der Waals surface area contributed by atoms with Crippen LogP contribution < -0.4 is 15.4 Å². The van der Waals surface area contributed by atoms with Crippen LogP contribution in [0.1, 0.15) is 34.9 Å². The molecule has 2 N–H and O–H groups in total. The van der Waals surface area contributed by atoms with Gasteiger partial charge in [-0.15, -0.1) is 11.3 Å². The molecule has 1 aromatic heterocycles. The Balaban J connectivity index is 1.64. The van der Waals surface area contributed by atoms with Gasteiger partial charge in [0.05, 0.1) is 13.7 Å². The smallest absolute Gasteiger partial charge is 0.322 e. The highest BCUT2D eigenvalue weighted by molar-refractivity contribution is 7.09. The molecule has 1 heterocycles. The summed E-state index contributed by atoms with van der Waals surface area (Å²) in [6.07, 6.45) is 0. The normalized spacial score (nSPS) is 10.6. The van der Waals surface area contributed by atoms with E-state index >= 15 is 0 Å². The number of thiazole rings is 1. The Morgan fingerprint density at radius 3 is 2.26 bits per heavy atom. The van der Waals surface area contributed by atoms with E-state index < -0.39 is 0 Å². The summed E-state index contributed by atoms with van der Waals surface area (Å²) in [6, 6.07) is 14.4. The highest BCUT2D eigenvalue weighted by atomic mass is 32.1. The number of ether oxygens (including phenoxy) is 1. The van der Waals surface area contributed by atoms with Gasteiger partial charge >= 0.3 is 6.03 Å². The van der Waals surface area contributed by atoms with E-state index in [0.29, 0.717) is 28.6 Å². The van der Waals surface area contributed by atoms with Crippen LogP contribution in [0, 0.1) is 6.92 Å². The number of nitrogens with zero attached hydrogens (tertiary/aromatic N) is 2. The van der Waals surface area contributed by atoms with E-state index in [1.165, 1.54) is 11.3 Å². The second-order valence-corrected chi connectivity index (χ2v) is 8.27. The maximum absolute atomic E-state index is 12.8. The Kier molecular flexibility index (Phi) is 7.25. The maximum atomic E-state index is 12.8. The largest absolute Gasteiger partial charge is 0.497 e. The molecule has 0 fully saturated rings. The van der Waals surface area contributed by atoms with Crippen LogP contribution in [0.4, 0.5) is 16.2 Å². The van der Waals surface area contributed by atoms with Gasteiger partial charge in [0.2, 0.25) is 0 Å². The molecule has 0 unspecified atom stereocenters. The van der Waals surface area contributed by atoms with E-state index in [4.69, 9.17) is 4.74 Å². The molecule has 8 heteroatoms. The third kappa shape index (κ3) is 6.05. The third-order valence-electron chi connectivity index (χ3n) is 4.62. The van der Waals surface area contributed by atoms with Crippen LogP contribution >= 0.6 is 11.3 Å². The zero-order valence-electron chi connectivity index (χ0n) is 18.0. The van der Waals surface area contributed by atoms with E-state index in [0.717, 1.165) is 11.3 Å². The van der Waals surface area contributed by atoms with E-state index in [1.807, 2.05) is 45.0 Å². The zero-order chi connectivity index (χ0) is 22.4. The molecule has 162 valence electrons. The monoisotopic (exact) mass is 438 g/mol. The van der Waals surface area contributed by atoms with Crippen molar-refractivity contribution in [3.8, 4) is 5.75 Å². The van der Waals surface area contributed by atoms with Crippen molar-refractivity contribution >= 4 is 34.6 Å². The molecule has 2 aromatic carbocycles. The fourth-order valence-electron chi connectivity index (χ4n) is 2.82. The lowest BCUT2D eigenvalue weighted by Crippen LogP contribution is -2.39. The van der Waals surface area contributed by atoms with Gasteiger partial charge in [0.1, 0.15) is 16.5 Å². The van der Waals surface area contributed by atoms with Gasteiger partial charge in [0, 0.05) is 22.8 Å². The summed E-state index contributed by atoms with van der Waals surface area (Å²) in [5.41, 5.74) is 2.84. The first-order valence-corrected chi connectivity index (χ1v) is 10.8. The summed E-state index contributed by atoms with van der Waals surface area (Å²) in [4.78, 5) is 31.4. The van der Waals surface area contributed by atoms with Crippen LogP contribution in [-0.2, 0) is 6.54 Å². The first kappa shape index (κ1) is 22.3. The minimum Gasteiger partial charge on any atom is -0.497 e. The first-order chi connectivity index (χ1) is 14.9. The van der Waals surface area contributed by atoms with Gasteiger partial charge in [-0.2, -0.15) is 0 Å². The summed E-state index contributed by atoms with van der Waals surface area (Å²) in [7, 11) is 1.59. The molecule has 0 saturated heterocycles. The van der Waals surface area contributed by atoms with Crippen LogP contribution in [0.2, 0.25) is 0 Å². The summed E-state index contributed by atoms with van der Waals surface area (Å²) in [6.45, 7) is 6.17. The molecular formula is C23H26N4O3S. The molecule has 7 nitrogen and oxygen atoms in total. The van der Waals surface area contributed by atoms with E-state index in [1.54, 1.807) is 41.7 Å². The lowest BCUT2D eigenvalue weighted by atomic mass is 10.2. The number of aromatic nitrogens is 1. The molecule has 0 saturated carbocycles. The van der Waals surface area contributed by atoms with Crippen molar-refractivity contribution in [2.45, 2.75) is 33.4 Å². The molecule has 0 aliphatic rings. The van der Waals surface area contributed by atoms with Gasteiger partial charge in [0.25, 0.3) is 5.91 Å². The number of carbonyl (C=O) groups excluding carboxylic acids is 2. The quantitative estimate of drug-likeness (QED) is 0.534. The summed E-state index contributed by atoms with van der Waals surface area (Å²) in [5.74, 6) is 0.447. The molecule has 3 amide bonds. The number of nitrogens with one attached hydrogen (secondary N) is 2. The van der Waals surface area contributed by atoms with Gasteiger partial charge in [-0.05, 0) is 57.2 Å². The molecule has 0 atom stereocenters.